The highest BCUT2D eigenvalue weighted by Crippen LogP contribution is 2.40. The number of benzene rings is 1. The minimum atomic E-state index is 0.115. The average Bonchev–Trinajstić information content (AvgIpc) is 2.57. The summed E-state index contributed by atoms with van der Waals surface area (Å²) >= 11 is 7.42. The van der Waals surface area contributed by atoms with Gasteiger partial charge in [0.05, 0.1) is 11.3 Å². The summed E-state index contributed by atoms with van der Waals surface area (Å²) in [7, 11) is 0. The van der Waals surface area contributed by atoms with Crippen molar-refractivity contribution in [3.05, 3.63) is 22.5 Å². The molecule has 0 fully saturated rings. The van der Waals surface area contributed by atoms with E-state index in [1.807, 2.05) is 18.4 Å². The van der Waals surface area contributed by atoms with Crippen molar-refractivity contribution in [2.45, 2.75) is 6.92 Å². The minimum Gasteiger partial charge on any atom is -0.506 e. The zero-order chi connectivity index (χ0) is 10.1. The third-order valence-electron chi connectivity index (χ3n) is 1.93. The number of aromatic hydroxyl groups is 1. The Morgan fingerprint density at radius 1 is 1.50 bits per heavy atom. The normalized spacial score (nSPS) is 10.7. The van der Waals surface area contributed by atoms with Gasteiger partial charge in [0.1, 0.15) is 16.5 Å². The Morgan fingerprint density at radius 2 is 2.29 bits per heavy atom. The van der Waals surface area contributed by atoms with E-state index >= 15 is 0 Å². The van der Waals surface area contributed by atoms with Gasteiger partial charge in [-0.25, -0.2) is 0 Å². The molecular formula is C10H9ClO2S. The summed E-state index contributed by atoms with van der Waals surface area (Å²) in [4.78, 5) is 0. The van der Waals surface area contributed by atoms with Gasteiger partial charge >= 0.3 is 0 Å². The minimum absolute atomic E-state index is 0.115. The lowest BCUT2D eigenvalue weighted by atomic mass is 10.2. The average molecular weight is 229 g/mol. The van der Waals surface area contributed by atoms with Crippen LogP contribution in [0.25, 0.3) is 10.1 Å². The summed E-state index contributed by atoms with van der Waals surface area (Å²) in [6.07, 6.45) is 0. The lowest BCUT2D eigenvalue weighted by Crippen LogP contribution is -1.89. The van der Waals surface area contributed by atoms with Crippen LogP contribution in [0.2, 0.25) is 5.02 Å². The Labute approximate surface area is 90.7 Å². The Balaban J connectivity index is 2.64. The van der Waals surface area contributed by atoms with Gasteiger partial charge in [-0.05, 0) is 19.1 Å². The molecule has 2 aromatic rings. The van der Waals surface area contributed by atoms with Crippen molar-refractivity contribution in [2.24, 2.45) is 0 Å². The molecule has 0 aliphatic rings. The van der Waals surface area contributed by atoms with E-state index in [-0.39, 0.29) is 5.75 Å². The predicted molar refractivity (Wildman–Crippen MR) is 59.7 cm³/mol. The van der Waals surface area contributed by atoms with Crippen LogP contribution in [0.5, 0.6) is 11.5 Å². The first-order chi connectivity index (χ1) is 6.74. The molecule has 14 heavy (non-hydrogen) atoms. The van der Waals surface area contributed by atoms with Crippen molar-refractivity contribution in [3.8, 4) is 11.5 Å². The largest absolute Gasteiger partial charge is 0.506 e. The van der Waals surface area contributed by atoms with Crippen molar-refractivity contribution in [1.82, 2.24) is 0 Å². The molecule has 1 N–H and O–H groups in total. The lowest BCUT2D eigenvalue weighted by Gasteiger charge is -2.01. The van der Waals surface area contributed by atoms with Crippen LogP contribution < -0.4 is 4.74 Å². The van der Waals surface area contributed by atoms with Crippen molar-refractivity contribution in [2.75, 3.05) is 6.61 Å². The first-order valence-corrected chi connectivity index (χ1v) is 5.51. The summed E-state index contributed by atoms with van der Waals surface area (Å²) in [6.45, 7) is 2.57. The van der Waals surface area contributed by atoms with Crippen LogP contribution in [0.15, 0.2) is 17.5 Å². The number of fused-ring (bicyclic) bond motifs is 1. The lowest BCUT2D eigenvalue weighted by molar-refractivity contribution is 0.345. The molecule has 1 aromatic carbocycles. The Morgan fingerprint density at radius 3 is 3.00 bits per heavy atom. The van der Waals surface area contributed by atoms with E-state index in [0.29, 0.717) is 11.6 Å². The predicted octanol–water partition coefficient (Wildman–Crippen LogP) is 3.66. The molecule has 0 saturated heterocycles. The number of rotatable bonds is 2. The van der Waals surface area contributed by atoms with E-state index in [9.17, 15) is 5.11 Å². The summed E-state index contributed by atoms with van der Waals surface area (Å²) in [5.74, 6) is 0.943. The van der Waals surface area contributed by atoms with Gasteiger partial charge in [-0.3, -0.25) is 0 Å². The number of hydrogen-bond donors (Lipinski definition) is 1. The second-order valence-electron chi connectivity index (χ2n) is 2.81. The fraction of sp³-hybridized carbons (Fsp3) is 0.200. The van der Waals surface area contributed by atoms with E-state index in [1.165, 1.54) is 11.3 Å². The van der Waals surface area contributed by atoms with Gasteiger partial charge in [-0.2, -0.15) is 0 Å². The molecule has 74 valence electrons. The van der Waals surface area contributed by atoms with Gasteiger partial charge < -0.3 is 9.84 Å². The highest BCUT2D eigenvalue weighted by atomic mass is 35.5. The molecule has 0 unspecified atom stereocenters. The van der Waals surface area contributed by atoms with Crippen LogP contribution in [-0.2, 0) is 0 Å². The van der Waals surface area contributed by atoms with E-state index in [4.69, 9.17) is 16.3 Å². The molecule has 0 aliphatic heterocycles. The Kier molecular flexibility index (Phi) is 2.52. The maximum atomic E-state index is 9.39. The molecule has 2 rings (SSSR count). The van der Waals surface area contributed by atoms with Crippen LogP contribution in [0.3, 0.4) is 0 Å². The van der Waals surface area contributed by atoms with Crippen LogP contribution in [0, 0.1) is 0 Å². The number of halogens is 1. The smallest absolute Gasteiger partial charge is 0.137 e. The van der Waals surface area contributed by atoms with Gasteiger partial charge in [0, 0.05) is 10.8 Å². The summed E-state index contributed by atoms with van der Waals surface area (Å²) < 4.78 is 6.29. The second-order valence-corrected chi connectivity index (χ2v) is 4.07. The first-order valence-electron chi connectivity index (χ1n) is 4.25. The molecule has 0 bridgehead atoms. The fourth-order valence-corrected chi connectivity index (χ4v) is 2.52. The molecule has 0 aliphatic carbocycles. The van der Waals surface area contributed by atoms with Crippen LogP contribution in [0.4, 0.5) is 0 Å². The zero-order valence-corrected chi connectivity index (χ0v) is 9.15. The Hall–Kier alpha value is -0.930. The highest BCUT2D eigenvalue weighted by molar-refractivity contribution is 7.18. The van der Waals surface area contributed by atoms with Gasteiger partial charge in [-0.1, -0.05) is 11.6 Å². The molecule has 0 amide bonds. The standard InChI is InChI=1S/C10H9ClO2S/c1-2-13-8-5-14-10-6(8)3-4-7(12)9(10)11/h3-5,12H,2H2,1H3. The van der Waals surface area contributed by atoms with E-state index in [0.717, 1.165) is 15.8 Å². The molecule has 0 saturated carbocycles. The van der Waals surface area contributed by atoms with Crippen molar-refractivity contribution < 1.29 is 9.84 Å². The molecule has 2 nitrogen and oxygen atoms in total. The van der Waals surface area contributed by atoms with Gasteiger partial charge in [0.15, 0.2) is 0 Å². The van der Waals surface area contributed by atoms with Crippen molar-refractivity contribution in [3.63, 3.8) is 0 Å². The number of phenolic OH excluding ortho intramolecular Hbond substituents is 1. The molecule has 1 heterocycles. The van der Waals surface area contributed by atoms with Gasteiger partial charge in [-0.15, -0.1) is 11.3 Å². The van der Waals surface area contributed by atoms with Crippen LogP contribution in [0.1, 0.15) is 6.92 Å². The van der Waals surface area contributed by atoms with E-state index < -0.39 is 0 Å². The van der Waals surface area contributed by atoms with Crippen molar-refractivity contribution >= 4 is 33.0 Å². The van der Waals surface area contributed by atoms with Crippen LogP contribution in [-0.4, -0.2) is 11.7 Å². The third-order valence-corrected chi connectivity index (χ3v) is 3.41. The zero-order valence-electron chi connectivity index (χ0n) is 7.58. The maximum absolute atomic E-state index is 9.39. The SMILES string of the molecule is CCOc1csc2c(Cl)c(O)ccc12. The van der Waals surface area contributed by atoms with Crippen LogP contribution >= 0.6 is 22.9 Å². The fourth-order valence-electron chi connectivity index (χ4n) is 1.30. The van der Waals surface area contributed by atoms with Gasteiger partial charge in [0.25, 0.3) is 0 Å². The molecular weight excluding hydrogens is 220 g/mol. The van der Waals surface area contributed by atoms with E-state index in [1.54, 1.807) is 6.07 Å². The Bertz CT molecular complexity index is 464. The topological polar surface area (TPSA) is 29.5 Å². The number of hydrogen-bond acceptors (Lipinski definition) is 3. The summed E-state index contributed by atoms with van der Waals surface area (Å²) in [6, 6.07) is 3.40. The highest BCUT2D eigenvalue weighted by Gasteiger charge is 2.10. The maximum Gasteiger partial charge on any atom is 0.137 e. The number of thiophene rings is 1. The second kappa shape index (κ2) is 3.67. The van der Waals surface area contributed by atoms with Gasteiger partial charge in [0.2, 0.25) is 0 Å². The molecule has 0 spiro atoms. The third kappa shape index (κ3) is 1.42. The summed E-state index contributed by atoms with van der Waals surface area (Å²) in [5, 5.41) is 12.7. The number of phenols is 1. The van der Waals surface area contributed by atoms with Crippen molar-refractivity contribution in [1.29, 1.82) is 0 Å². The summed E-state index contributed by atoms with van der Waals surface area (Å²) in [5.41, 5.74) is 0. The quantitative estimate of drug-likeness (QED) is 0.850. The molecule has 0 atom stereocenters. The first kappa shape index (κ1) is 9.62. The molecule has 4 heteroatoms. The number of ether oxygens (including phenoxy) is 1. The molecule has 1 aromatic heterocycles. The van der Waals surface area contributed by atoms with E-state index in [2.05, 4.69) is 0 Å². The monoisotopic (exact) mass is 228 g/mol. The molecule has 0 radical (unpaired) electrons.